The van der Waals surface area contributed by atoms with E-state index in [0.29, 0.717) is 66.2 Å². The van der Waals surface area contributed by atoms with Gasteiger partial charge in [-0.25, -0.2) is 0 Å². The molecular formula is C48H42F12O6. The second-order valence-electron chi connectivity index (χ2n) is 16.5. The summed E-state index contributed by atoms with van der Waals surface area (Å²) in [6.45, 7) is 7.17. The molecule has 66 heavy (non-hydrogen) atoms. The smallest absolute Gasteiger partial charge is 0.411 e. The summed E-state index contributed by atoms with van der Waals surface area (Å²) in [5.74, 6) is -3.61. The van der Waals surface area contributed by atoms with E-state index >= 15 is 0 Å². The molecule has 2 atom stereocenters. The zero-order chi connectivity index (χ0) is 49.3. The summed E-state index contributed by atoms with van der Waals surface area (Å²) in [6, 6.07) is 19.3. The van der Waals surface area contributed by atoms with E-state index in [4.69, 9.17) is 14.2 Å². The van der Waals surface area contributed by atoms with E-state index in [1.54, 1.807) is 37.3 Å². The zero-order valence-corrected chi connectivity index (χ0v) is 35.6. The molecule has 5 rings (SSSR count). The molecule has 0 heterocycles. The van der Waals surface area contributed by atoms with E-state index < -0.39 is 104 Å². The Morgan fingerprint density at radius 1 is 0.500 bits per heavy atom. The molecule has 6 nitrogen and oxygen atoms in total. The van der Waals surface area contributed by atoms with Crippen molar-refractivity contribution in [1.29, 1.82) is 0 Å². The number of phenolic OH excluding ortho intramolecular Hbond substituents is 1. The second-order valence-corrected chi connectivity index (χ2v) is 16.5. The van der Waals surface area contributed by atoms with E-state index in [9.17, 15) is 67.4 Å². The predicted octanol–water partition coefficient (Wildman–Crippen LogP) is 13.7. The van der Waals surface area contributed by atoms with Crippen molar-refractivity contribution in [2.24, 2.45) is 10.8 Å². The van der Waals surface area contributed by atoms with Gasteiger partial charge in [-0.3, -0.25) is 9.59 Å². The minimum atomic E-state index is -5.94. The number of phenols is 1. The van der Waals surface area contributed by atoms with Crippen LogP contribution in [0.3, 0.4) is 0 Å². The van der Waals surface area contributed by atoms with Gasteiger partial charge in [-0.05, 0) is 117 Å². The van der Waals surface area contributed by atoms with Crippen molar-refractivity contribution in [2.75, 3.05) is 0 Å². The highest BCUT2D eigenvalue weighted by Crippen LogP contribution is 2.58. The Kier molecular flexibility index (Phi) is 14.0. The Morgan fingerprint density at radius 3 is 1.18 bits per heavy atom. The van der Waals surface area contributed by atoms with Crippen molar-refractivity contribution in [3.63, 3.8) is 0 Å². The van der Waals surface area contributed by atoms with Gasteiger partial charge in [0.15, 0.2) is 0 Å². The first-order valence-electron chi connectivity index (χ1n) is 20.0. The maximum Gasteiger partial charge on any atom is 0.411 e. The molecule has 1 N–H and O–H groups in total. The van der Waals surface area contributed by atoms with E-state index in [1.807, 2.05) is 0 Å². The number of aromatic hydroxyl groups is 1. The van der Waals surface area contributed by atoms with Crippen LogP contribution in [-0.2, 0) is 20.4 Å². The van der Waals surface area contributed by atoms with Gasteiger partial charge >= 0.3 is 36.6 Å². The molecule has 2 unspecified atom stereocenters. The summed E-state index contributed by atoms with van der Waals surface area (Å²) in [5, 5.41) is 9.52. The van der Waals surface area contributed by atoms with Crippen LogP contribution < -0.4 is 14.2 Å². The normalized spacial score (nSPS) is 14.5. The van der Waals surface area contributed by atoms with Gasteiger partial charge in [0.05, 0.1) is 10.8 Å². The van der Waals surface area contributed by atoms with Crippen molar-refractivity contribution in [3.8, 4) is 23.0 Å². The van der Waals surface area contributed by atoms with Crippen molar-refractivity contribution in [1.82, 2.24) is 0 Å². The first-order valence-corrected chi connectivity index (χ1v) is 20.0. The number of esters is 2. The van der Waals surface area contributed by atoms with E-state index in [2.05, 4.69) is 0 Å². The maximum atomic E-state index is 14.9. The number of ether oxygens (including phenoxy) is 3. The standard InChI is InChI=1S/C48H42F12O6/c1-6-42(5,40(63)66-38-26-18-33(19-27-38)43(45(49,50)51,46(52,53)54)31-12-20-35(61)21-13-31)28-41(3,4)39(62)65-37-24-16-34(17-25-37)44(47(55,56)57,48(58,59)60)32-14-22-36(23-15-32)64-29(2)30-10-8-7-9-11-30/h7-27,29,61H,6,28H2,1-5H3. The molecule has 0 saturated heterocycles. The van der Waals surface area contributed by atoms with Crippen molar-refractivity contribution in [2.45, 2.75) is 89.1 Å². The lowest BCUT2D eigenvalue weighted by atomic mass is 9.72. The minimum absolute atomic E-state index is 0.00684. The highest BCUT2D eigenvalue weighted by atomic mass is 19.4. The summed E-state index contributed by atoms with van der Waals surface area (Å²) in [6.07, 6.45) is -24.8. The van der Waals surface area contributed by atoms with E-state index in [0.717, 1.165) is 36.4 Å². The third-order valence-corrected chi connectivity index (χ3v) is 11.5. The van der Waals surface area contributed by atoms with E-state index in [1.165, 1.54) is 27.7 Å². The first-order chi connectivity index (χ1) is 30.4. The van der Waals surface area contributed by atoms with Gasteiger partial charge < -0.3 is 19.3 Å². The van der Waals surface area contributed by atoms with Crippen LogP contribution in [-0.4, -0.2) is 41.8 Å². The summed E-state index contributed by atoms with van der Waals surface area (Å²) < 4.78 is 193. The Labute approximate surface area is 371 Å². The van der Waals surface area contributed by atoms with Gasteiger partial charge in [0, 0.05) is 0 Å². The Morgan fingerprint density at radius 2 is 0.833 bits per heavy atom. The topological polar surface area (TPSA) is 82.1 Å². The maximum absolute atomic E-state index is 14.9. The van der Waals surface area contributed by atoms with Crippen LogP contribution in [0.25, 0.3) is 0 Å². The third-order valence-electron chi connectivity index (χ3n) is 11.5. The fraction of sp³-hybridized carbons (Fsp3) is 0.333. The van der Waals surface area contributed by atoms with Gasteiger partial charge in [0.1, 0.15) is 29.1 Å². The van der Waals surface area contributed by atoms with Gasteiger partial charge in [-0.2, -0.15) is 52.7 Å². The Bertz CT molecular complexity index is 2410. The lowest BCUT2D eigenvalue weighted by Gasteiger charge is -2.38. The molecule has 354 valence electrons. The molecule has 5 aromatic rings. The average Bonchev–Trinajstić information content (AvgIpc) is 3.22. The quantitative estimate of drug-likeness (QED) is 0.0678. The highest BCUT2D eigenvalue weighted by Gasteiger charge is 2.73. The summed E-state index contributed by atoms with van der Waals surface area (Å²) in [5.41, 5.74) is -16.5. The van der Waals surface area contributed by atoms with Crippen molar-refractivity contribution in [3.05, 3.63) is 155 Å². The van der Waals surface area contributed by atoms with E-state index in [-0.39, 0.29) is 18.6 Å². The van der Waals surface area contributed by atoms with Gasteiger partial charge in [-0.15, -0.1) is 0 Å². The number of rotatable bonds is 14. The molecule has 0 aromatic heterocycles. The van der Waals surface area contributed by atoms with Gasteiger partial charge in [0.25, 0.3) is 0 Å². The summed E-state index contributed by atoms with van der Waals surface area (Å²) in [7, 11) is 0. The van der Waals surface area contributed by atoms with Crippen molar-refractivity contribution >= 4 is 11.9 Å². The molecular weight excluding hydrogens is 900 g/mol. The molecule has 0 saturated carbocycles. The third kappa shape index (κ3) is 9.68. The Hall–Kier alpha value is -6.20. The second kappa shape index (κ2) is 18.2. The summed E-state index contributed by atoms with van der Waals surface area (Å²) >= 11 is 0. The fourth-order valence-corrected chi connectivity index (χ4v) is 7.87. The molecule has 0 amide bonds. The van der Waals surface area contributed by atoms with Crippen LogP contribution in [0.5, 0.6) is 23.0 Å². The number of carbonyl (C=O) groups is 2. The molecule has 0 fully saturated rings. The van der Waals surface area contributed by atoms with Crippen LogP contribution >= 0.6 is 0 Å². The van der Waals surface area contributed by atoms with Crippen LogP contribution in [0.4, 0.5) is 52.7 Å². The molecule has 0 aliphatic rings. The molecule has 5 aromatic carbocycles. The molecule has 0 aliphatic heterocycles. The number of halogens is 12. The largest absolute Gasteiger partial charge is 0.508 e. The fourth-order valence-electron chi connectivity index (χ4n) is 7.87. The number of benzene rings is 5. The van der Waals surface area contributed by atoms with Gasteiger partial charge in [-0.1, -0.05) is 85.8 Å². The number of carbonyl (C=O) groups excluding carboxylic acids is 2. The monoisotopic (exact) mass is 942 g/mol. The zero-order valence-electron chi connectivity index (χ0n) is 35.6. The lowest BCUT2D eigenvalue weighted by Crippen LogP contribution is -2.54. The SMILES string of the molecule is CCC(C)(CC(C)(C)C(=O)Oc1ccc(C(c2ccc(OC(C)c3ccccc3)cc2)(C(F)(F)F)C(F)(F)F)cc1)C(=O)Oc1ccc(C(c2ccc(O)cc2)(C(F)(F)F)C(F)(F)F)cc1. The van der Waals surface area contributed by atoms with Crippen LogP contribution in [0.2, 0.25) is 0 Å². The molecule has 0 bridgehead atoms. The molecule has 0 radical (unpaired) electrons. The number of hydrogen-bond donors (Lipinski definition) is 1. The van der Waals surface area contributed by atoms with Crippen LogP contribution in [0, 0.1) is 10.8 Å². The van der Waals surface area contributed by atoms with Crippen molar-refractivity contribution < 1.29 is 81.6 Å². The predicted molar refractivity (Wildman–Crippen MR) is 217 cm³/mol. The molecule has 0 aliphatic carbocycles. The van der Waals surface area contributed by atoms with Crippen LogP contribution in [0.1, 0.15) is 81.4 Å². The minimum Gasteiger partial charge on any atom is -0.508 e. The highest BCUT2D eigenvalue weighted by molar-refractivity contribution is 5.82. The molecule has 0 spiro atoms. The first kappa shape index (κ1) is 50.8. The lowest BCUT2D eigenvalue weighted by molar-refractivity contribution is -0.290. The van der Waals surface area contributed by atoms with Crippen LogP contribution in [0.15, 0.2) is 127 Å². The summed E-state index contributed by atoms with van der Waals surface area (Å²) in [4.78, 5) is 27.1. The average molecular weight is 943 g/mol. The number of alkyl halides is 12. The van der Waals surface area contributed by atoms with Gasteiger partial charge in [0.2, 0.25) is 10.8 Å². The molecule has 18 heteroatoms. The Balaban J connectivity index is 1.35. The number of hydrogen-bond acceptors (Lipinski definition) is 6.